The largest absolute Gasteiger partial charge is 0.310 e. The van der Waals surface area contributed by atoms with Crippen LogP contribution in [0.15, 0.2) is 109 Å². The van der Waals surface area contributed by atoms with Crippen molar-refractivity contribution in [1.82, 2.24) is 0 Å². The van der Waals surface area contributed by atoms with Gasteiger partial charge in [0.25, 0.3) is 0 Å². The zero-order valence-electron chi connectivity index (χ0n) is 27.5. The van der Waals surface area contributed by atoms with E-state index in [9.17, 15) is 0 Å². The Bertz CT molecular complexity index is 1480. The first-order chi connectivity index (χ1) is 21.4. The molecule has 44 heavy (non-hydrogen) atoms. The second-order valence-electron chi connectivity index (χ2n) is 12.2. The summed E-state index contributed by atoms with van der Waals surface area (Å²) in [5.41, 5.74) is 15.3. The van der Waals surface area contributed by atoms with Crippen molar-refractivity contribution < 1.29 is 0 Å². The van der Waals surface area contributed by atoms with Crippen molar-refractivity contribution in [2.24, 2.45) is 0 Å². The van der Waals surface area contributed by atoms with Crippen molar-refractivity contribution in [2.45, 2.75) is 80.1 Å². The molecule has 0 spiro atoms. The molecule has 2 heteroatoms. The van der Waals surface area contributed by atoms with Crippen molar-refractivity contribution in [3.05, 3.63) is 143 Å². The fraction of sp³-hybridized carbons (Fsp3) is 0.286. The molecule has 0 bridgehead atoms. The first kappa shape index (κ1) is 31.1. The molecule has 5 aromatic carbocycles. The summed E-state index contributed by atoms with van der Waals surface area (Å²) >= 11 is 0. The lowest BCUT2D eigenvalue weighted by atomic mass is 9.98. The van der Waals surface area contributed by atoms with E-state index >= 15 is 0 Å². The number of hydrogen-bond acceptors (Lipinski definition) is 2. The first-order valence-corrected chi connectivity index (χ1v) is 16.4. The predicted molar refractivity (Wildman–Crippen MR) is 192 cm³/mol. The van der Waals surface area contributed by atoms with Crippen LogP contribution in [0.4, 0.5) is 34.1 Å². The van der Waals surface area contributed by atoms with E-state index in [2.05, 4.69) is 161 Å². The Hall–Kier alpha value is -4.30. The quantitative estimate of drug-likeness (QED) is 0.145. The van der Waals surface area contributed by atoms with Gasteiger partial charge >= 0.3 is 0 Å². The van der Waals surface area contributed by atoms with Gasteiger partial charge in [0.1, 0.15) is 0 Å². The second kappa shape index (κ2) is 14.4. The highest BCUT2D eigenvalue weighted by atomic mass is 15.2. The van der Waals surface area contributed by atoms with Gasteiger partial charge < -0.3 is 9.80 Å². The highest BCUT2D eigenvalue weighted by molar-refractivity contribution is 5.84. The van der Waals surface area contributed by atoms with Gasteiger partial charge in [-0.25, -0.2) is 0 Å². The van der Waals surface area contributed by atoms with Crippen LogP contribution in [-0.2, 0) is 12.8 Å². The van der Waals surface area contributed by atoms with Gasteiger partial charge in [-0.15, -0.1) is 0 Å². The van der Waals surface area contributed by atoms with Gasteiger partial charge in [0.2, 0.25) is 0 Å². The summed E-state index contributed by atoms with van der Waals surface area (Å²) in [6.07, 6.45) is 7.13. The van der Waals surface area contributed by atoms with Crippen molar-refractivity contribution in [2.75, 3.05) is 9.80 Å². The van der Waals surface area contributed by atoms with E-state index in [4.69, 9.17) is 0 Å². The predicted octanol–water partition coefficient (Wildman–Crippen LogP) is 12.5. The van der Waals surface area contributed by atoms with Crippen LogP contribution in [0.3, 0.4) is 0 Å². The summed E-state index contributed by atoms with van der Waals surface area (Å²) in [5, 5.41) is 0. The molecule has 0 fully saturated rings. The molecule has 0 aliphatic rings. The number of nitrogens with zero attached hydrogens (tertiary/aromatic N) is 2. The van der Waals surface area contributed by atoms with Crippen LogP contribution in [0, 0.1) is 27.7 Å². The molecule has 0 saturated heterocycles. The lowest BCUT2D eigenvalue weighted by Gasteiger charge is -2.31. The van der Waals surface area contributed by atoms with Crippen LogP contribution < -0.4 is 9.80 Å². The van der Waals surface area contributed by atoms with Crippen LogP contribution in [0.2, 0.25) is 0 Å². The number of rotatable bonds is 12. The number of benzene rings is 5. The molecule has 0 saturated carbocycles. The van der Waals surface area contributed by atoms with Crippen LogP contribution in [-0.4, -0.2) is 0 Å². The zero-order valence-corrected chi connectivity index (χ0v) is 27.5. The molecule has 0 aromatic heterocycles. The van der Waals surface area contributed by atoms with E-state index in [0.29, 0.717) is 0 Å². The summed E-state index contributed by atoms with van der Waals surface area (Å²) in [5.74, 6) is 0. The number of anilines is 6. The average molecular weight is 581 g/mol. The topological polar surface area (TPSA) is 6.48 Å². The minimum atomic E-state index is 1.13. The first-order valence-electron chi connectivity index (χ1n) is 16.4. The standard InChI is InChI=1S/C42H48N2/c1-7-9-17-35-27-31(3)41(32(4)28-35)43(37-19-13-11-14-20-37)39-23-25-40(26-24-39)44(38-21-15-12-16-22-38)42-33(5)29-36(18-10-8-2)30-34(42)6/h11-16,19-30H,7-10,17-18H2,1-6H3. The molecule has 0 unspecified atom stereocenters. The second-order valence-corrected chi connectivity index (χ2v) is 12.2. The van der Waals surface area contributed by atoms with Gasteiger partial charge in [-0.1, -0.05) is 87.4 Å². The molecular weight excluding hydrogens is 532 g/mol. The van der Waals surface area contributed by atoms with Crippen molar-refractivity contribution in [1.29, 1.82) is 0 Å². The third-order valence-corrected chi connectivity index (χ3v) is 8.58. The zero-order chi connectivity index (χ0) is 31.1. The minimum Gasteiger partial charge on any atom is -0.310 e. The Labute approximate surface area is 266 Å². The Balaban J connectivity index is 1.59. The van der Waals surface area contributed by atoms with Crippen molar-refractivity contribution in [3.8, 4) is 0 Å². The fourth-order valence-electron chi connectivity index (χ4n) is 6.57. The van der Waals surface area contributed by atoms with Gasteiger partial charge in [-0.2, -0.15) is 0 Å². The molecular formula is C42H48N2. The molecule has 0 radical (unpaired) electrons. The summed E-state index contributed by atoms with van der Waals surface area (Å²) < 4.78 is 0. The Kier molecular flexibility index (Phi) is 10.2. The Morgan fingerprint density at radius 2 is 0.705 bits per heavy atom. The van der Waals surface area contributed by atoms with Gasteiger partial charge in [-0.05, 0) is 135 Å². The third kappa shape index (κ3) is 6.91. The molecule has 5 aromatic rings. The average Bonchev–Trinajstić information content (AvgIpc) is 3.03. The molecule has 2 nitrogen and oxygen atoms in total. The maximum Gasteiger partial charge on any atom is 0.0520 e. The number of para-hydroxylation sites is 2. The minimum absolute atomic E-state index is 1.13. The molecule has 226 valence electrons. The maximum atomic E-state index is 2.42. The van der Waals surface area contributed by atoms with Crippen LogP contribution >= 0.6 is 0 Å². The summed E-state index contributed by atoms with van der Waals surface area (Å²) in [4.78, 5) is 4.84. The molecule has 0 aliphatic heterocycles. The number of aryl methyl sites for hydroxylation is 6. The SMILES string of the molecule is CCCCc1cc(C)c(N(c2ccccc2)c2ccc(N(c3ccccc3)c3c(C)cc(CCCC)cc3C)cc2)c(C)c1. The molecule has 5 rings (SSSR count). The van der Waals surface area contributed by atoms with E-state index in [1.807, 2.05) is 0 Å². The van der Waals surface area contributed by atoms with Crippen molar-refractivity contribution >= 4 is 34.1 Å². The Morgan fingerprint density at radius 3 is 1.00 bits per heavy atom. The number of unbranched alkanes of at least 4 members (excludes halogenated alkanes) is 2. The lowest BCUT2D eigenvalue weighted by molar-refractivity contribution is 0.794. The van der Waals surface area contributed by atoms with Crippen LogP contribution in [0.25, 0.3) is 0 Å². The molecule has 0 amide bonds. The van der Waals surface area contributed by atoms with Gasteiger partial charge in [0.15, 0.2) is 0 Å². The normalized spacial score (nSPS) is 11.0. The van der Waals surface area contributed by atoms with E-state index in [-0.39, 0.29) is 0 Å². The van der Waals surface area contributed by atoms with Crippen LogP contribution in [0.1, 0.15) is 72.9 Å². The van der Waals surface area contributed by atoms with Crippen LogP contribution in [0.5, 0.6) is 0 Å². The fourth-order valence-corrected chi connectivity index (χ4v) is 6.57. The summed E-state index contributed by atoms with van der Waals surface area (Å²) in [7, 11) is 0. The summed E-state index contributed by atoms with van der Waals surface area (Å²) in [6, 6.07) is 40.2. The Morgan fingerprint density at radius 1 is 0.409 bits per heavy atom. The van der Waals surface area contributed by atoms with E-state index in [1.165, 1.54) is 81.8 Å². The smallest absolute Gasteiger partial charge is 0.0520 e. The van der Waals surface area contributed by atoms with E-state index in [0.717, 1.165) is 24.2 Å². The molecule has 0 N–H and O–H groups in total. The van der Waals surface area contributed by atoms with Crippen molar-refractivity contribution in [3.63, 3.8) is 0 Å². The highest BCUT2D eigenvalue weighted by Gasteiger charge is 2.21. The molecule has 0 atom stereocenters. The van der Waals surface area contributed by atoms with Gasteiger partial charge in [-0.3, -0.25) is 0 Å². The monoisotopic (exact) mass is 580 g/mol. The van der Waals surface area contributed by atoms with Gasteiger partial charge in [0.05, 0.1) is 11.4 Å². The number of hydrogen-bond donors (Lipinski definition) is 0. The third-order valence-electron chi connectivity index (χ3n) is 8.58. The lowest BCUT2D eigenvalue weighted by Crippen LogP contribution is -2.15. The van der Waals surface area contributed by atoms with Gasteiger partial charge in [0, 0.05) is 22.7 Å². The maximum absolute atomic E-state index is 2.42. The molecule has 0 heterocycles. The van der Waals surface area contributed by atoms with E-state index in [1.54, 1.807) is 0 Å². The molecule has 0 aliphatic carbocycles. The summed E-state index contributed by atoms with van der Waals surface area (Å²) in [6.45, 7) is 13.6. The van der Waals surface area contributed by atoms with E-state index < -0.39 is 0 Å². The highest BCUT2D eigenvalue weighted by Crippen LogP contribution is 2.43.